The Hall–Kier alpha value is -0.0731. The van der Waals surface area contributed by atoms with E-state index in [1.807, 2.05) is 0 Å². The minimum absolute atomic E-state index is 0.828. The van der Waals surface area contributed by atoms with Crippen molar-refractivity contribution in [2.45, 2.75) is 26.6 Å². The molecule has 4 heteroatoms. The van der Waals surface area contributed by atoms with Gasteiger partial charge in [-0.15, -0.1) is 0 Å². The van der Waals surface area contributed by atoms with Gasteiger partial charge in [-0.25, -0.2) is 0 Å². The van der Waals surface area contributed by atoms with Crippen molar-refractivity contribution < 1.29 is 4.43 Å². The van der Waals surface area contributed by atoms with E-state index in [0.29, 0.717) is 0 Å². The first-order valence-electron chi connectivity index (χ1n) is 6.07. The smallest absolute Gasteiger partial charge is 0.183 e. The van der Waals surface area contributed by atoms with Gasteiger partial charge < -0.3 is 9.33 Å². The lowest BCUT2D eigenvalue weighted by atomic mass is 10.3. The standard InChI is InChI=1S/C13H22INOSi/c1-5-15(10-11-16-17(2,3)4)13-9-7-6-8-12(13)14/h6-9H,5,10-11H2,1-4H3. The van der Waals surface area contributed by atoms with Crippen LogP contribution in [-0.4, -0.2) is 28.0 Å². The Bertz CT molecular complexity index is 352. The molecule has 0 fully saturated rings. The summed E-state index contributed by atoms with van der Waals surface area (Å²) >= 11 is 2.39. The van der Waals surface area contributed by atoms with Crippen molar-refractivity contribution in [3.63, 3.8) is 0 Å². The molecule has 2 nitrogen and oxygen atoms in total. The number of para-hydroxylation sites is 1. The number of hydrogen-bond acceptors (Lipinski definition) is 2. The number of nitrogens with zero attached hydrogens (tertiary/aromatic N) is 1. The van der Waals surface area contributed by atoms with Crippen molar-refractivity contribution in [3.8, 4) is 0 Å². The van der Waals surface area contributed by atoms with Crippen LogP contribution in [0.5, 0.6) is 0 Å². The van der Waals surface area contributed by atoms with Crippen LogP contribution in [0.25, 0.3) is 0 Å². The molecule has 0 radical (unpaired) electrons. The number of benzene rings is 1. The maximum absolute atomic E-state index is 5.92. The molecule has 0 atom stereocenters. The third kappa shape index (κ3) is 5.40. The van der Waals surface area contributed by atoms with E-state index in [-0.39, 0.29) is 0 Å². The number of anilines is 1. The predicted molar refractivity (Wildman–Crippen MR) is 86.3 cm³/mol. The second-order valence-electron chi connectivity index (χ2n) is 4.99. The minimum Gasteiger partial charge on any atom is -0.416 e. The molecule has 1 aromatic carbocycles. The fraction of sp³-hybridized carbons (Fsp3) is 0.538. The molecule has 17 heavy (non-hydrogen) atoms. The van der Waals surface area contributed by atoms with E-state index in [0.717, 1.165) is 19.7 Å². The summed E-state index contributed by atoms with van der Waals surface area (Å²) < 4.78 is 7.22. The molecule has 0 unspecified atom stereocenters. The van der Waals surface area contributed by atoms with E-state index in [1.54, 1.807) is 0 Å². The number of halogens is 1. The molecule has 1 aromatic rings. The Morgan fingerprint density at radius 2 is 1.88 bits per heavy atom. The molecule has 0 aliphatic carbocycles. The Labute approximate surface area is 120 Å². The van der Waals surface area contributed by atoms with Gasteiger partial charge in [-0.2, -0.15) is 0 Å². The van der Waals surface area contributed by atoms with E-state index < -0.39 is 8.32 Å². The summed E-state index contributed by atoms with van der Waals surface area (Å²) in [5, 5.41) is 0. The van der Waals surface area contributed by atoms with Crippen molar-refractivity contribution in [1.29, 1.82) is 0 Å². The summed E-state index contributed by atoms with van der Waals surface area (Å²) in [5.74, 6) is 0. The van der Waals surface area contributed by atoms with Gasteiger partial charge >= 0.3 is 0 Å². The molecule has 0 aliphatic rings. The lowest BCUT2D eigenvalue weighted by Gasteiger charge is -2.26. The average molecular weight is 363 g/mol. The predicted octanol–water partition coefficient (Wildman–Crippen LogP) is 3.97. The molecule has 1 rings (SSSR count). The van der Waals surface area contributed by atoms with Gasteiger partial charge in [0.15, 0.2) is 8.32 Å². The first-order valence-corrected chi connectivity index (χ1v) is 10.6. The van der Waals surface area contributed by atoms with Gasteiger partial charge in [0, 0.05) is 16.7 Å². The molecular weight excluding hydrogens is 341 g/mol. The number of rotatable bonds is 6. The zero-order valence-corrected chi connectivity index (χ0v) is 14.3. The highest BCUT2D eigenvalue weighted by Crippen LogP contribution is 2.21. The lowest BCUT2D eigenvalue weighted by Crippen LogP contribution is -2.33. The minimum atomic E-state index is -1.38. The molecular formula is C13H22INOSi. The zero-order chi connectivity index (χ0) is 12.9. The monoisotopic (exact) mass is 363 g/mol. The van der Waals surface area contributed by atoms with Gasteiger partial charge in [-0.3, -0.25) is 0 Å². The fourth-order valence-corrected chi connectivity index (χ4v) is 3.05. The highest BCUT2D eigenvalue weighted by Gasteiger charge is 2.15. The van der Waals surface area contributed by atoms with E-state index in [2.05, 4.69) is 78.3 Å². The second-order valence-corrected chi connectivity index (χ2v) is 10.7. The Morgan fingerprint density at radius 3 is 2.41 bits per heavy atom. The molecule has 0 saturated carbocycles. The molecule has 0 aliphatic heterocycles. The highest BCUT2D eigenvalue weighted by molar-refractivity contribution is 14.1. The third-order valence-corrected chi connectivity index (χ3v) is 4.45. The molecule has 0 bridgehead atoms. The summed E-state index contributed by atoms with van der Waals surface area (Å²) in [5.41, 5.74) is 1.31. The zero-order valence-electron chi connectivity index (χ0n) is 11.2. The van der Waals surface area contributed by atoms with Crippen LogP contribution in [0.4, 0.5) is 5.69 Å². The topological polar surface area (TPSA) is 12.5 Å². The van der Waals surface area contributed by atoms with Crippen LogP contribution in [0.3, 0.4) is 0 Å². The summed E-state index contributed by atoms with van der Waals surface area (Å²) in [6, 6.07) is 8.51. The first-order chi connectivity index (χ1) is 7.94. The van der Waals surface area contributed by atoms with Crippen LogP contribution in [-0.2, 0) is 4.43 Å². The van der Waals surface area contributed by atoms with Crippen LogP contribution in [0, 0.1) is 3.57 Å². The van der Waals surface area contributed by atoms with Crippen LogP contribution in [0.1, 0.15) is 6.92 Å². The summed E-state index contributed by atoms with van der Waals surface area (Å²) in [4.78, 5) is 2.38. The molecule has 0 heterocycles. The first kappa shape index (κ1) is 15.0. The van der Waals surface area contributed by atoms with Crippen LogP contribution in [0.2, 0.25) is 19.6 Å². The molecule has 0 aromatic heterocycles. The number of likely N-dealkylation sites (N-methyl/N-ethyl adjacent to an activating group) is 1. The Morgan fingerprint density at radius 1 is 1.24 bits per heavy atom. The number of hydrogen-bond donors (Lipinski definition) is 0. The van der Waals surface area contributed by atoms with Crippen LogP contribution >= 0.6 is 22.6 Å². The SMILES string of the molecule is CCN(CCO[Si](C)(C)C)c1ccccc1I. The van der Waals surface area contributed by atoms with Crippen LogP contribution < -0.4 is 4.90 Å². The van der Waals surface area contributed by atoms with Crippen molar-refractivity contribution in [1.82, 2.24) is 0 Å². The quantitative estimate of drug-likeness (QED) is 0.560. The average Bonchev–Trinajstić information content (AvgIpc) is 2.24. The van der Waals surface area contributed by atoms with Gasteiger partial charge in [0.25, 0.3) is 0 Å². The lowest BCUT2D eigenvalue weighted by molar-refractivity contribution is 0.318. The highest BCUT2D eigenvalue weighted by atomic mass is 127. The fourth-order valence-electron chi connectivity index (χ4n) is 1.62. The van der Waals surface area contributed by atoms with Crippen molar-refractivity contribution in [2.75, 3.05) is 24.6 Å². The van der Waals surface area contributed by atoms with E-state index in [4.69, 9.17) is 4.43 Å². The van der Waals surface area contributed by atoms with Gasteiger partial charge in [0.05, 0.1) is 12.3 Å². The van der Waals surface area contributed by atoms with E-state index >= 15 is 0 Å². The summed E-state index contributed by atoms with van der Waals surface area (Å²) in [6.45, 7) is 11.7. The normalized spacial score (nSPS) is 11.6. The van der Waals surface area contributed by atoms with E-state index in [9.17, 15) is 0 Å². The van der Waals surface area contributed by atoms with Gasteiger partial charge in [0.2, 0.25) is 0 Å². The Kier molecular flexibility index (Phi) is 5.95. The van der Waals surface area contributed by atoms with Gasteiger partial charge in [-0.1, -0.05) is 12.1 Å². The molecule has 0 spiro atoms. The molecule has 0 N–H and O–H groups in total. The van der Waals surface area contributed by atoms with Crippen LogP contribution in [0.15, 0.2) is 24.3 Å². The van der Waals surface area contributed by atoms with Crippen molar-refractivity contribution in [3.05, 3.63) is 27.8 Å². The van der Waals surface area contributed by atoms with E-state index in [1.165, 1.54) is 9.26 Å². The summed E-state index contributed by atoms with van der Waals surface area (Å²) in [6.07, 6.45) is 0. The van der Waals surface area contributed by atoms with Gasteiger partial charge in [0.1, 0.15) is 0 Å². The molecule has 96 valence electrons. The molecule has 0 saturated heterocycles. The maximum Gasteiger partial charge on any atom is 0.183 e. The Balaban J connectivity index is 2.58. The molecule has 0 amide bonds. The maximum atomic E-state index is 5.92. The largest absolute Gasteiger partial charge is 0.416 e. The van der Waals surface area contributed by atoms with Gasteiger partial charge in [-0.05, 0) is 61.3 Å². The second kappa shape index (κ2) is 6.75. The third-order valence-electron chi connectivity index (χ3n) is 2.47. The van der Waals surface area contributed by atoms with Crippen molar-refractivity contribution >= 4 is 36.6 Å². The van der Waals surface area contributed by atoms with Crippen molar-refractivity contribution in [2.24, 2.45) is 0 Å². The summed E-state index contributed by atoms with van der Waals surface area (Å²) in [7, 11) is -1.38.